The molecule has 3 aromatic rings. The van der Waals surface area contributed by atoms with E-state index < -0.39 is 11.6 Å². The third kappa shape index (κ3) is 4.90. The molecule has 0 atom stereocenters. The van der Waals surface area contributed by atoms with E-state index in [1.807, 2.05) is 24.3 Å². The van der Waals surface area contributed by atoms with Crippen molar-refractivity contribution in [2.45, 2.75) is 18.8 Å². The maximum atomic E-state index is 13.5. The van der Waals surface area contributed by atoms with Gasteiger partial charge in [-0.1, -0.05) is 12.1 Å². The van der Waals surface area contributed by atoms with Crippen molar-refractivity contribution >= 4 is 23.3 Å². The Kier molecular flexibility index (Phi) is 6.50. The van der Waals surface area contributed by atoms with Gasteiger partial charge in [0.25, 0.3) is 5.91 Å². The van der Waals surface area contributed by atoms with Crippen LogP contribution in [0.4, 0.5) is 20.3 Å². The molecule has 2 aliphatic heterocycles. The molecule has 0 unspecified atom stereocenters. The number of nitrogens with zero attached hydrogens (tertiary/aromatic N) is 4. The van der Waals surface area contributed by atoms with E-state index in [0.717, 1.165) is 42.3 Å². The minimum Gasteiger partial charge on any atom is -0.339 e. The highest BCUT2D eigenvalue weighted by molar-refractivity contribution is 6.01. The number of amides is 2. The zero-order valence-electron chi connectivity index (χ0n) is 19.0. The minimum atomic E-state index is -0.758. The molecule has 0 spiro atoms. The molecule has 0 bridgehead atoms. The first-order valence-electron chi connectivity index (χ1n) is 11.7. The summed E-state index contributed by atoms with van der Waals surface area (Å²) in [5.41, 5.74) is 1.88. The van der Waals surface area contributed by atoms with Gasteiger partial charge in [0, 0.05) is 44.0 Å². The first-order valence-corrected chi connectivity index (χ1v) is 11.7. The molecule has 5 rings (SSSR count). The molecule has 2 aliphatic rings. The highest BCUT2D eigenvalue weighted by Crippen LogP contribution is 2.32. The number of carbonyl (C=O) groups is 2. The van der Waals surface area contributed by atoms with E-state index in [2.05, 4.69) is 15.5 Å². The fourth-order valence-corrected chi connectivity index (χ4v) is 4.60. The molecule has 180 valence electrons. The van der Waals surface area contributed by atoms with Gasteiger partial charge in [0.1, 0.15) is 11.6 Å². The second kappa shape index (κ2) is 9.87. The van der Waals surface area contributed by atoms with Crippen molar-refractivity contribution in [3.05, 3.63) is 83.6 Å². The number of aromatic nitrogens is 2. The summed E-state index contributed by atoms with van der Waals surface area (Å²) in [6.07, 6.45) is 3.05. The van der Waals surface area contributed by atoms with Gasteiger partial charge in [0.15, 0.2) is 5.82 Å². The van der Waals surface area contributed by atoms with Crippen molar-refractivity contribution < 1.29 is 18.4 Å². The molecule has 1 aromatic heterocycles. The number of halogens is 2. The fourth-order valence-electron chi connectivity index (χ4n) is 4.60. The van der Waals surface area contributed by atoms with E-state index in [-0.39, 0.29) is 29.2 Å². The average Bonchev–Trinajstić information content (AvgIpc) is 2.83. The van der Waals surface area contributed by atoms with E-state index in [1.54, 1.807) is 28.1 Å². The molecule has 7 nitrogen and oxygen atoms in total. The molecule has 2 amide bonds. The van der Waals surface area contributed by atoms with Crippen molar-refractivity contribution in [2.24, 2.45) is 5.92 Å². The number of hydrogen-bond acceptors (Lipinski definition) is 5. The van der Waals surface area contributed by atoms with Crippen LogP contribution in [0.5, 0.6) is 0 Å². The second-order valence-corrected chi connectivity index (χ2v) is 8.93. The number of rotatable bonds is 5. The van der Waals surface area contributed by atoms with Crippen LogP contribution in [0, 0.1) is 17.6 Å². The van der Waals surface area contributed by atoms with Gasteiger partial charge in [-0.25, -0.2) is 8.78 Å². The summed E-state index contributed by atoms with van der Waals surface area (Å²) in [7, 11) is 0. The number of benzene rings is 2. The molecule has 0 radical (unpaired) electrons. The summed E-state index contributed by atoms with van der Waals surface area (Å²) in [4.78, 5) is 29.0. The Morgan fingerprint density at radius 3 is 2.23 bits per heavy atom. The number of hydrogen-bond donors (Lipinski definition) is 1. The normalized spacial score (nSPS) is 16.6. The Balaban J connectivity index is 1.27. The first kappa shape index (κ1) is 23.0. The van der Waals surface area contributed by atoms with Gasteiger partial charge < -0.3 is 10.2 Å². The summed E-state index contributed by atoms with van der Waals surface area (Å²) < 4.78 is 27.0. The summed E-state index contributed by atoms with van der Waals surface area (Å²) in [5, 5.41) is 11.2. The van der Waals surface area contributed by atoms with Crippen LogP contribution in [-0.4, -0.2) is 53.1 Å². The van der Waals surface area contributed by atoms with Crippen molar-refractivity contribution in [1.82, 2.24) is 20.4 Å². The van der Waals surface area contributed by atoms with Gasteiger partial charge >= 0.3 is 0 Å². The third-order valence-corrected chi connectivity index (χ3v) is 6.65. The van der Waals surface area contributed by atoms with E-state index in [0.29, 0.717) is 32.0 Å². The standard InChI is InChI=1S/C26H25F2N5O2/c27-21-12-19(13-22(28)14-21)25(34)32-10-7-18(8-11-32)17-3-5-23(6-4-17)33(24-2-1-9-30-31-24)26(35)20-15-29-16-20/h1-6,9,12-14,18,20,29H,7-8,10-11,15-16H2. The van der Waals surface area contributed by atoms with Gasteiger partial charge in [-0.05, 0) is 60.7 Å². The van der Waals surface area contributed by atoms with Crippen LogP contribution in [0.25, 0.3) is 0 Å². The number of anilines is 2. The first-order chi connectivity index (χ1) is 17.0. The van der Waals surface area contributed by atoms with E-state index in [4.69, 9.17) is 0 Å². The second-order valence-electron chi connectivity index (χ2n) is 8.93. The predicted molar refractivity (Wildman–Crippen MR) is 126 cm³/mol. The largest absolute Gasteiger partial charge is 0.339 e. The lowest BCUT2D eigenvalue weighted by atomic mass is 9.89. The van der Waals surface area contributed by atoms with E-state index in [1.165, 1.54) is 0 Å². The average molecular weight is 478 g/mol. The lowest BCUT2D eigenvalue weighted by molar-refractivity contribution is -0.123. The molecular formula is C26H25F2N5O2. The lowest BCUT2D eigenvalue weighted by Crippen LogP contribution is -2.51. The summed E-state index contributed by atoms with van der Waals surface area (Å²) in [5.74, 6) is -1.26. The van der Waals surface area contributed by atoms with Crippen LogP contribution in [0.2, 0.25) is 0 Å². The highest BCUT2D eigenvalue weighted by atomic mass is 19.1. The van der Waals surface area contributed by atoms with Gasteiger partial charge in [0.05, 0.1) is 11.6 Å². The zero-order valence-corrected chi connectivity index (χ0v) is 19.0. The smallest absolute Gasteiger partial charge is 0.254 e. The topological polar surface area (TPSA) is 78.4 Å². The van der Waals surface area contributed by atoms with E-state index in [9.17, 15) is 18.4 Å². The van der Waals surface area contributed by atoms with Crippen LogP contribution >= 0.6 is 0 Å². The highest BCUT2D eigenvalue weighted by Gasteiger charge is 2.32. The Bertz CT molecular complexity index is 1190. The summed E-state index contributed by atoms with van der Waals surface area (Å²) in [6.45, 7) is 2.30. The molecule has 0 saturated carbocycles. The van der Waals surface area contributed by atoms with Crippen LogP contribution in [0.1, 0.15) is 34.7 Å². The lowest BCUT2D eigenvalue weighted by Gasteiger charge is -2.33. The van der Waals surface area contributed by atoms with Crippen molar-refractivity contribution in [2.75, 3.05) is 31.1 Å². The molecule has 0 aliphatic carbocycles. The molecule has 1 N–H and O–H groups in total. The van der Waals surface area contributed by atoms with Crippen LogP contribution < -0.4 is 10.2 Å². The van der Waals surface area contributed by atoms with Gasteiger partial charge in [-0.2, -0.15) is 5.10 Å². The molecule has 9 heteroatoms. The van der Waals surface area contributed by atoms with Crippen molar-refractivity contribution in [3.8, 4) is 0 Å². The predicted octanol–water partition coefficient (Wildman–Crippen LogP) is 3.66. The summed E-state index contributed by atoms with van der Waals surface area (Å²) >= 11 is 0. The summed E-state index contributed by atoms with van der Waals surface area (Å²) in [6, 6.07) is 14.3. The number of carbonyl (C=O) groups excluding carboxylic acids is 2. The monoisotopic (exact) mass is 477 g/mol. The molecule has 2 fully saturated rings. The number of likely N-dealkylation sites (tertiary alicyclic amines) is 1. The van der Waals surface area contributed by atoms with E-state index >= 15 is 0 Å². The van der Waals surface area contributed by atoms with Crippen LogP contribution in [0.15, 0.2) is 60.8 Å². The maximum Gasteiger partial charge on any atom is 0.254 e. The molecule has 2 saturated heterocycles. The Morgan fingerprint density at radius 1 is 0.971 bits per heavy atom. The van der Waals surface area contributed by atoms with Crippen molar-refractivity contribution in [1.29, 1.82) is 0 Å². The minimum absolute atomic E-state index is 0.0161. The Labute approximate surface area is 201 Å². The van der Waals surface area contributed by atoms with Crippen LogP contribution in [-0.2, 0) is 4.79 Å². The van der Waals surface area contributed by atoms with Crippen LogP contribution in [0.3, 0.4) is 0 Å². The Morgan fingerprint density at radius 2 is 1.66 bits per heavy atom. The molecule has 2 aromatic carbocycles. The SMILES string of the molecule is O=C(c1cc(F)cc(F)c1)N1CCC(c2ccc(N(C(=O)C3CNC3)c3cccnn3)cc2)CC1. The molecule has 3 heterocycles. The van der Waals surface area contributed by atoms with Gasteiger partial charge in [-0.15, -0.1) is 5.10 Å². The number of piperidine rings is 1. The Hall–Kier alpha value is -3.72. The van der Waals surface area contributed by atoms with Gasteiger partial charge in [-0.3, -0.25) is 14.5 Å². The molecule has 35 heavy (non-hydrogen) atoms. The maximum absolute atomic E-state index is 13.5. The number of nitrogens with one attached hydrogen (secondary N) is 1. The van der Waals surface area contributed by atoms with Crippen molar-refractivity contribution in [3.63, 3.8) is 0 Å². The molecular weight excluding hydrogens is 452 g/mol. The quantitative estimate of drug-likeness (QED) is 0.607. The fraction of sp³-hybridized carbons (Fsp3) is 0.308. The zero-order chi connectivity index (χ0) is 24.4. The third-order valence-electron chi connectivity index (χ3n) is 6.65. The van der Waals surface area contributed by atoms with Gasteiger partial charge in [0.2, 0.25) is 5.91 Å².